The highest BCUT2D eigenvalue weighted by atomic mass is 32.2. The molecule has 0 spiro atoms. The predicted octanol–water partition coefficient (Wildman–Crippen LogP) is 5.30. The third-order valence-electron chi connectivity index (χ3n) is 5.12. The summed E-state index contributed by atoms with van der Waals surface area (Å²) in [5.41, 5.74) is 4.50. The molecule has 5 rings (SSSR count). The Kier molecular flexibility index (Phi) is 4.45. The van der Waals surface area contributed by atoms with E-state index in [0.29, 0.717) is 10.7 Å². The average Bonchev–Trinajstić information content (AvgIpc) is 3.15. The summed E-state index contributed by atoms with van der Waals surface area (Å²) in [5, 5.41) is 1.71. The zero-order chi connectivity index (χ0) is 19.8. The Morgan fingerprint density at radius 1 is 0.862 bits per heavy atom. The first-order valence-corrected chi connectivity index (χ1v) is 10.3. The number of nitrogens with zero attached hydrogens (tertiary/aromatic N) is 2. The number of rotatable bonds is 4. The maximum absolute atomic E-state index is 13.1. The Bertz CT molecular complexity index is 1320. The van der Waals surface area contributed by atoms with Gasteiger partial charge in [-0.05, 0) is 17.2 Å². The number of hydrogen-bond acceptors (Lipinski definition) is 3. The van der Waals surface area contributed by atoms with E-state index in [-0.39, 0.29) is 10.8 Å². The van der Waals surface area contributed by atoms with Crippen molar-refractivity contribution < 1.29 is 0 Å². The van der Waals surface area contributed by atoms with Gasteiger partial charge >= 0.3 is 0 Å². The van der Waals surface area contributed by atoms with Crippen LogP contribution in [0.5, 0.6) is 0 Å². The summed E-state index contributed by atoms with van der Waals surface area (Å²) in [6.45, 7) is 0. The van der Waals surface area contributed by atoms with E-state index in [1.807, 2.05) is 60.7 Å². The van der Waals surface area contributed by atoms with Crippen LogP contribution < -0.4 is 5.56 Å². The second-order valence-electron chi connectivity index (χ2n) is 6.97. The SMILES string of the molecule is Cn1c(SC(c2ccccc2)c2ccccc2)nc2c([nH]c3ccccc32)c1=O. The molecule has 0 aliphatic carbocycles. The molecule has 0 aliphatic rings. The third-order valence-corrected chi connectivity index (χ3v) is 6.48. The lowest BCUT2D eigenvalue weighted by Gasteiger charge is -2.18. The lowest BCUT2D eigenvalue weighted by Crippen LogP contribution is -2.20. The highest BCUT2D eigenvalue weighted by Gasteiger charge is 2.20. The maximum atomic E-state index is 13.1. The largest absolute Gasteiger partial charge is 0.349 e. The van der Waals surface area contributed by atoms with Gasteiger partial charge in [0, 0.05) is 18.0 Å². The second-order valence-corrected chi connectivity index (χ2v) is 8.04. The summed E-state index contributed by atoms with van der Waals surface area (Å²) in [6, 6.07) is 28.6. The molecule has 2 aromatic heterocycles. The van der Waals surface area contributed by atoms with E-state index in [2.05, 4.69) is 29.2 Å². The lowest BCUT2D eigenvalue weighted by molar-refractivity contribution is 0.724. The van der Waals surface area contributed by atoms with Crippen LogP contribution in [0.15, 0.2) is 94.9 Å². The molecule has 0 bridgehead atoms. The quantitative estimate of drug-likeness (QED) is 0.331. The van der Waals surface area contributed by atoms with Crippen molar-refractivity contribution in [1.82, 2.24) is 14.5 Å². The molecular formula is C24H19N3OS. The molecule has 0 saturated carbocycles. The molecular weight excluding hydrogens is 378 g/mol. The number of aromatic amines is 1. The molecule has 142 valence electrons. The minimum absolute atomic E-state index is 0.0400. The van der Waals surface area contributed by atoms with Gasteiger partial charge < -0.3 is 4.98 Å². The van der Waals surface area contributed by atoms with Gasteiger partial charge in [-0.1, -0.05) is 90.6 Å². The summed E-state index contributed by atoms with van der Waals surface area (Å²) in [7, 11) is 1.79. The normalized spacial score (nSPS) is 11.5. The number of nitrogens with one attached hydrogen (secondary N) is 1. The van der Waals surface area contributed by atoms with Gasteiger partial charge in [0.15, 0.2) is 5.16 Å². The zero-order valence-electron chi connectivity index (χ0n) is 15.9. The molecule has 5 heteroatoms. The van der Waals surface area contributed by atoms with Crippen LogP contribution in [0.25, 0.3) is 21.9 Å². The Hall–Kier alpha value is -3.31. The van der Waals surface area contributed by atoms with Crippen molar-refractivity contribution in [1.29, 1.82) is 0 Å². The number of H-pyrrole nitrogens is 1. The smallest absolute Gasteiger partial charge is 0.278 e. The number of benzene rings is 3. The fourth-order valence-corrected chi connectivity index (χ4v) is 4.80. The van der Waals surface area contributed by atoms with Crippen molar-refractivity contribution in [3.63, 3.8) is 0 Å². The van der Waals surface area contributed by atoms with Crippen LogP contribution in [-0.4, -0.2) is 14.5 Å². The van der Waals surface area contributed by atoms with E-state index >= 15 is 0 Å². The maximum Gasteiger partial charge on any atom is 0.278 e. The average molecular weight is 398 g/mol. The zero-order valence-corrected chi connectivity index (χ0v) is 16.7. The molecule has 5 aromatic rings. The summed E-state index contributed by atoms with van der Waals surface area (Å²) >= 11 is 1.60. The van der Waals surface area contributed by atoms with Crippen LogP contribution in [0.2, 0.25) is 0 Å². The van der Waals surface area contributed by atoms with E-state index in [1.54, 1.807) is 23.4 Å². The molecule has 0 atom stereocenters. The van der Waals surface area contributed by atoms with Crippen molar-refractivity contribution in [3.8, 4) is 0 Å². The molecule has 0 unspecified atom stereocenters. The van der Waals surface area contributed by atoms with Gasteiger partial charge in [-0.3, -0.25) is 9.36 Å². The molecule has 0 radical (unpaired) electrons. The first-order valence-electron chi connectivity index (χ1n) is 9.46. The molecule has 1 N–H and O–H groups in total. The predicted molar refractivity (Wildman–Crippen MR) is 119 cm³/mol. The van der Waals surface area contributed by atoms with E-state index in [1.165, 1.54) is 11.1 Å². The molecule has 3 aromatic carbocycles. The summed E-state index contributed by atoms with van der Waals surface area (Å²) in [4.78, 5) is 21.2. The number of fused-ring (bicyclic) bond motifs is 3. The van der Waals surface area contributed by atoms with Crippen LogP contribution in [-0.2, 0) is 7.05 Å². The number of thioether (sulfide) groups is 1. The first-order chi connectivity index (χ1) is 14.2. The van der Waals surface area contributed by atoms with Gasteiger partial charge in [0.1, 0.15) is 11.0 Å². The lowest BCUT2D eigenvalue weighted by atomic mass is 10.0. The van der Waals surface area contributed by atoms with E-state index < -0.39 is 0 Å². The van der Waals surface area contributed by atoms with Crippen LogP contribution in [0.1, 0.15) is 16.4 Å². The topological polar surface area (TPSA) is 50.7 Å². The van der Waals surface area contributed by atoms with Crippen molar-refractivity contribution in [3.05, 3.63) is 106 Å². The van der Waals surface area contributed by atoms with E-state index in [9.17, 15) is 4.79 Å². The minimum Gasteiger partial charge on any atom is -0.349 e. The van der Waals surface area contributed by atoms with Crippen molar-refractivity contribution in [2.24, 2.45) is 7.05 Å². The standard InChI is InChI=1S/C24H19N3OS/c1-27-23(28)21-20(18-14-8-9-15-19(18)25-21)26-24(27)29-22(16-10-4-2-5-11-16)17-12-6-3-7-13-17/h2-15,22,25H,1H3. The van der Waals surface area contributed by atoms with Crippen molar-refractivity contribution in [2.45, 2.75) is 10.4 Å². The highest BCUT2D eigenvalue weighted by Crippen LogP contribution is 2.39. The summed E-state index contributed by atoms with van der Waals surface area (Å²) < 4.78 is 1.64. The van der Waals surface area contributed by atoms with Gasteiger partial charge in [-0.2, -0.15) is 0 Å². The Morgan fingerprint density at radius 3 is 2.10 bits per heavy atom. The monoisotopic (exact) mass is 397 g/mol. The van der Waals surface area contributed by atoms with Crippen LogP contribution >= 0.6 is 11.8 Å². The molecule has 0 fully saturated rings. The molecule has 2 heterocycles. The summed E-state index contributed by atoms with van der Waals surface area (Å²) in [6.07, 6.45) is 0. The molecule has 29 heavy (non-hydrogen) atoms. The molecule has 0 aliphatic heterocycles. The van der Waals surface area contributed by atoms with Gasteiger partial charge in [0.05, 0.1) is 5.25 Å². The third kappa shape index (κ3) is 3.13. The fourth-order valence-electron chi connectivity index (χ4n) is 3.62. The second kappa shape index (κ2) is 7.26. The van der Waals surface area contributed by atoms with Gasteiger partial charge in [0.25, 0.3) is 5.56 Å². The first kappa shape index (κ1) is 17.8. The Labute approximate surface area is 172 Å². The fraction of sp³-hybridized carbons (Fsp3) is 0.0833. The van der Waals surface area contributed by atoms with E-state index in [4.69, 9.17) is 4.98 Å². The van der Waals surface area contributed by atoms with Gasteiger partial charge in [-0.25, -0.2) is 4.98 Å². The highest BCUT2D eigenvalue weighted by molar-refractivity contribution is 7.99. The number of para-hydroxylation sites is 1. The molecule has 0 amide bonds. The van der Waals surface area contributed by atoms with Crippen LogP contribution in [0.3, 0.4) is 0 Å². The number of aromatic nitrogens is 3. The van der Waals surface area contributed by atoms with Crippen molar-refractivity contribution in [2.75, 3.05) is 0 Å². The van der Waals surface area contributed by atoms with Crippen molar-refractivity contribution >= 4 is 33.7 Å². The molecule has 4 nitrogen and oxygen atoms in total. The Balaban J connectivity index is 1.68. The number of hydrogen-bond donors (Lipinski definition) is 1. The van der Waals surface area contributed by atoms with Crippen LogP contribution in [0.4, 0.5) is 0 Å². The van der Waals surface area contributed by atoms with E-state index in [0.717, 1.165) is 16.4 Å². The van der Waals surface area contributed by atoms with Gasteiger partial charge in [0.2, 0.25) is 0 Å². The minimum atomic E-state index is -0.0615. The summed E-state index contributed by atoms with van der Waals surface area (Å²) in [5.74, 6) is 0. The van der Waals surface area contributed by atoms with Gasteiger partial charge in [-0.15, -0.1) is 0 Å². The Morgan fingerprint density at radius 2 is 1.45 bits per heavy atom. The molecule has 0 saturated heterocycles. The van der Waals surface area contributed by atoms with Crippen LogP contribution in [0, 0.1) is 0 Å².